The van der Waals surface area contributed by atoms with Crippen molar-refractivity contribution in [2.45, 2.75) is 37.9 Å². The fourth-order valence-corrected chi connectivity index (χ4v) is 4.30. The van der Waals surface area contributed by atoms with Gasteiger partial charge in [-0.25, -0.2) is 4.39 Å². The van der Waals surface area contributed by atoms with Gasteiger partial charge in [0, 0.05) is 23.6 Å². The van der Waals surface area contributed by atoms with Crippen LogP contribution in [0, 0.1) is 18.7 Å². The van der Waals surface area contributed by atoms with Crippen LogP contribution in [0.4, 0.5) is 17.6 Å². The van der Waals surface area contributed by atoms with Crippen molar-refractivity contribution < 1.29 is 22.4 Å². The molecule has 1 heterocycles. The van der Waals surface area contributed by atoms with E-state index in [0.29, 0.717) is 34.5 Å². The fourth-order valence-electron chi connectivity index (χ4n) is 3.89. The minimum Gasteiger partial charge on any atom is -0.340 e. The molecule has 0 unspecified atom stereocenters. The Hall–Kier alpha value is -2.64. The van der Waals surface area contributed by atoms with Gasteiger partial charge in [-0.3, -0.25) is 9.78 Å². The zero-order valence-corrected chi connectivity index (χ0v) is 19.5. The number of nitrogens with one attached hydrogen (secondary N) is 1. The molecule has 1 aliphatic carbocycles. The first-order chi connectivity index (χ1) is 16.0. The Kier molecular flexibility index (Phi) is 6.62. The molecule has 0 bridgehead atoms. The van der Waals surface area contributed by atoms with Crippen LogP contribution in [0.15, 0.2) is 54.7 Å². The number of halogens is 6. The van der Waals surface area contributed by atoms with E-state index in [4.69, 9.17) is 23.2 Å². The number of carbonyl (C=O) groups excluding carboxylic acids is 1. The molecule has 9 heteroatoms. The molecule has 1 saturated carbocycles. The molecular weight excluding hydrogens is 491 g/mol. The molecule has 2 aromatic carbocycles. The molecule has 1 N–H and O–H groups in total. The molecule has 1 aromatic heterocycles. The molecule has 4 rings (SSSR count). The highest BCUT2D eigenvalue weighted by Crippen LogP contribution is 2.40. The van der Waals surface area contributed by atoms with Gasteiger partial charge in [-0.15, -0.1) is 0 Å². The number of amides is 1. The van der Waals surface area contributed by atoms with Crippen molar-refractivity contribution in [3.8, 4) is 0 Å². The van der Waals surface area contributed by atoms with Crippen molar-refractivity contribution in [1.82, 2.24) is 10.3 Å². The predicted molar refractivity (Wildman–Crippen MR) is 122 cm³/mol. The molecule has 0 radical (unpaired) electrons. The average molecular weight is 511 g/mol. The van der Waals surface area contributed by atoms with Crippen LogP contribution in [0.5, 0.6) is 0 Å². The quantitative estimate of drug-likeness (QED) is 0.367. The van der Waals surface area contributed by atoms with E-state index in [9.17, 15) is 22.4 Å². The Balaban J connectivity index is 1.98. The third kappa shape index (κ3) is 5.20. The number of aromatic nitrogens is 1. The molecular formula is C25H20Cl2F4N2O. The van der Waals surface area contributed by atoms with E-state index in [2.05, 4.69) is 10.3 Å². The van der Waals surface area contributed by atoms with Gasteiger partial charge < -0.3 is 5.32 Å². The van der Waals surface area contributed by atoms with Crippen LogP contribution in [0.2, 0.25) is 10.0 Å². The number of hydrogen-bond acceptors (Lipinski definition) is 2. The first-order valence-corrected chi connectivity index (χ1v) is 11.3. The normalized spacial score (nSPS) is 15.6. The maximum atomic E-state index is 14.6. The zero-order chi connectivity index (χ0) is 24.7. The highest BCUT2D eigenvalue weighted by atomic mass is 35.5. The van der Waals surface area contributed by atoms with Crippen LogP contribution in [-0.2, 0) is 22.9 Å². The smallest absolute Gasteiger partial charge is 0.340 e. The molecule has 1 fully saturated rings. The second kappa shape index (κ2) is 9.19. The number of benzene rings is 2. The Bertz CT molecular complexity index is 1230. The SMILES string of the molecule is Cc1ccc(C[C@](NC(=O)C2CC2)(c2cc(F)cc(C(F)(F)F)c2)c2ccc(Cl)cn2)c(Cl)c1. The summed E-state index contributed by atoms with van der Waals surface area (Å²) in [5, 5.41) is 3.57. The van der Waals surface area contributed by atoms with Crippen LogP contribution in [0.3, 0.4) is 0 Å². The van der Waals surface area contributed by atoms with Crippen molar-refractivity contribution in [2.24, 2.45) is 5.92 Å². The van der Waals surface area contributed by atoms with E-state index in [0.717, 1.165) is 17.7 Å². The van der Waals surface area contributed by atoms with Crippen molar-refractivity contribution in [2.75, 3.05) is 0 Å². The molecule has 3 nitrogen and oxygen atoms in total. The summed E-state index contributed by atoms with van der Waals surface area (Å²) in [6.45, 7) is 1.85. The number of rotatable bonds is 6. The molecule has 1 amide bonds. The second-order valence-electron chi connectivity index (χ2n) is 8.53. The third-order valence-corrected chi connectivity index (χ3v) is 6.41. The summed E-state index contributed by atoms with van der Waals surface area (Å²) in [5.74, 6) is -1.70. The second-order valence-corrected chi connectivity index (χ2v) is 9.37. The average Bonchev–Trinajstić information content (AvgIpc) is 3.60. The van der Waals surface area contributed by atoms with E-state index in [-0.39, 0.29) is 29.5 Å². The van der Waals surface area contributed by atoms with Gasteiger partial charge in [0.25, 0.3) is 0 Å². The Labute approximate surface area is 204 Å². The monoisotopic (exact) mass is 510 g/mol. The van der Waals surface area contributed by atoms with E-state index in [1.54, 1.807) is 18.2 Å². The number of alkyl halides is 3. The lowest BCUT2D eigenvalue weighted by atomic mass is 9.79. The van der Waals surface area contributed by atoms with E-state index in [1.807, 2.05) is 6.92 Å². The molecule has 0 saturated heterocycles. The highest BCUT2D eigenvalue weighted by Gasteiger charge is 2.43. The molecule has 0 spiro atoms. The van der Waals surface area contributed by atoms with Crippen molar-refractivity contribution >= 4 is 29.1 Å². The van der Waals surface area contributed by atoms with Gasteiger partial charge in [-0.1, -0.05) is 35.3 Å². The van der Waals surface area contributed by atoms with Crippen LogP contribution in [0.25, 0.3) is 0 Å². The van der Waals surface area contributed by atoms with Gasteiger partial charge in [-0.2, -0.15) is 13.2 Å². The standard InChI is InChI=1S/C25H20Cl2F4N2O/c1-14-2-3-16(21(27)8-14)12-24(33-23(34)15-4-5-15,22-7-6-19(26)13-32-22)17-9-18(25(29,30)31)11-20(28)10-17/h2-3,6-11,13,15H,4-5,12H2,1H3,(H,33,34)/t24-/m0/s1. The molecule has 1 atom stereocenters. The maximum absolute atomic E-state index is 14.6. The lowest BCUT2D eigenvalue weighted by molar-refractivity contribution is -0.137. The lowest BCUT2D eigenvalue weighted by Crippen LogP contribution is -2.50. The summed E-state index contributed by atoms with van der Waals surface area (Å²) in [5.41, 5.74) is -1.25. The maximum Gasteiger partial charge on any atom is 0.416 e. The van der Waals surface area contributed by atoms with Crippen molar-refractivity contribution in [1.29, 1.82) is 0 Å². The van der Waals surface area contributed by atoms with Gasteiger partial charge in [0.2, 0.25) is 5.91 Å². The predicted octanol–water partition coefficient (Wildman–Crippen LogP) is 6.87. The Morgan fingerprint density at radius 2 is 1.76 bits per heavy atom. The first kappa shape index (κ1) is 24.5. The van der Waals surface area contributed by atoms with E-state index >= 15 is 0 Å². The minimum atomic E-state index is -4.79. The Morgan fingerprint density at radius 1 is 1.06 bits per heavy atom. The van der Waals surface area contributed by atoms with Gasteiger partial charge in [0.15, 0.2) is 0 Å². The number of carbonyl (C=O) groups is 1. The van der Waals surface area contributed by atoms with Gasteiger partial charge in [0.1, 0.15) is 11.4 Å². The van der Waals surface area contributed by atoms with Crippen molar-refractivity contribution in [3.05, 3.63) is 98.5 Å². The molecule has 0 aliphatic heterocycles. The largest absolute Gasteiger partial charge is 0.416 e. The molecule has 3 aromatic rings. The minimum absolute atomic E-state index is 0.0556. The number of nitrogens with zero attached hydrogens (tertiary/aromatic N) is 1. The summed E-state index contributed by atoms with van der Waals surface area (Å²) >= 11 is 12.5. The molecule has 178 valence electrons. The third-order valence-electron chi connectivity index (χ3n) is 5.83. The highest BCUT2D eigenvalue weighted by molar-refractivity contribution is 6.31. The lowest BCUT2D eigenvalue weighted by Gasteiger charge is -2.36. The number of pyridine rings is 1. The summed E-state index contributed by atoms with van der Waals surface area (Å²) < 4.78 is 55.4. The van der Waals surface area contributed by atoms with Gasteiger partial charge in [-0.05, 0) is 72.9 Å². The molecule has 1 aliphatic rings. The zero-order valence-electron chi connectivity index (χ0n) is 18.0. The van der Waals surface area contributed by atoms with Gasteiger partial charge in [0.05, 0.1) is 16.3 Å². The van der Waals surface area contributed by atoms with E-state index in [1.165, 1.54) is 18.3 Å². The summed E-state index contributed by atoms with van der Waals surface area (Å²) in [7, 11) is 0. The number of aryl methyl sites for hydroxylation is 1. The Morgan fingerprint density at radius 3 is 2.35 bits per heavy atom. The summed E-state index contributed by atoms with van der Waals surface area (Å²) in [6.07, 6.45) is -2.19. The first-order valence-electron chi connectivity index (χ1n) is 10.6. The van der Waals surface area contributed by atoms with Crippen LogP contribution < -0.4 is 5.32 Å². The fraction of sp³-hybridized carbons (Fsp3) is 0.280. The van der Waals surface area contributed by atoms with Crippen LogP contribution >= 0.6 is 23.2 Å². The van der Waals surface area contributed by atoms with Crippen LogP contribution in [-0.4, -0.2) is 10.9 Å². The van der Waals surface area contributed by atoms with Gasteiger partial charge >= 0.3 is 6.18 Å². The van der Waals surface area contributed by atoms with Crippen molar-refractivity contribution in [3.63, 3.8) is 0 Å². The topological polar surface area (TPSA) is 42.0 Å². The summed E-state index contributed by atoms with van der Waals surface area (Å²) in [4.78, 5) is 17.3. The number of hydrogen-bond donors (Lipinski definition) is 1. The molecule has 34 heavy (non-hydrogen) atoms. The summed E-state index contributed by atoms with van der Waals surface area (Å²) in [6, 6.07) is 10.5. The van der Waals surface area contributed by atoms with Crippen LogP contribution in [0.1, 0.15) is 40.8 Å². The van der Waals surface area contributed by atoms with E-state index < -0.39 is 23.1 Å².